The van der Waals surface area contributed by atoms with Crippen molar-refractivity contribution in [3.63, 3.8) is 0 Å². The summed E-state index contributed by atoms with van der Waals surface area (Å²) in [5, 5.41) is 33.8. The minimum Gasteiger partial charge on any atom is 0 e. The Hall–Kier alpha value is 0.604. The Bertz CT molecular complexity index is 238. The Morgan fingerprint density at radius 2 is 1.20 bits per heavy atom. The Morgan fingerprint density at radius 1 is 0.933 bits per heavy atom. The van der Waals surface area contributed by atoms with Crippen LogP contribution in [0.3, 0.4) is 0 Å². The van der Waals surface area contributed by atoms with Crippen molar-refractivity contribution in [3.05, 3.63) is 0 Å². The first-order valence-electron chi connectivity index (χ1n) is 3.17. The third kappa shape index (κ3) is 8.41. The molecule has 0 saturated carbocycles. The number of carbonyl (C=O) groups is 3. The first kappa shape index (κ1) is 20.9. The van der Waals surface area contributed by atoms with Crippen molar-refractivity contribution in [2.45, 2.75) is 18.4 Å². The summed E-state index contributed by atoms with van der Waals surface area (Å²) < 4.78 is 0. The van der Waals surface area contributed by atoms with Gasteiger partial charge in [0.1, 0.15) is 0 Å². The molecule has 0 aromatic carbocycles. The third-order valence-corrected chi connectivity index (χ3v) is 1.29. The molecule has 4 N–H and O–H groups in total. The number of aliphatic carboxylic acids is 3. The van der Waals surface area contributed by atoms with E-state index in [0.29, 0.717) is 0 Å². The molecule has 0 amide bonds. The Labute approximate surface area is 137 Å². The molecule has 0 radical (unpaired) electrons. The van der Waals surface area contributed by atoms with Gasteiger partial charge in [0.05, 0.1) is 12.8 Å². The zero-order chi connectivity index (χ0) is 10.6. The van der Waals surface area contributed by atoms with Crippen molar-refractivity contribution in [1.29, 1.82) is 0 Å². The molecule has 15 heavy (non-hydrogen) atoms. The van der Waals surface area contributed by atoms with E-state index in [0.717, 1.165) is 0 Å². The van der Waals surface area contributed by atoms with E-state index in [4.69, 9.17) is 20.4 Å². The van der Waals surface area contributed by atoms with Gasteiger partial charge in [0.2, 0.25) is 0 Å². The molecule has 0 unspecified atom stereocenters. The zero-order valence-electron chi connectivity index (χ0n) is 7.63. The molecule has 0 heterocycles. The van der Waals surface area contributed by atoms with Gasteiger partial charge in [-0.1, -0.05) is 0 Å². The summed E-state index contributed by atoms with van der Waals surface area (Å²) >= 11 is 0. The molecule has 0 bridgehead atoms. The zero-order valence-corrected chi connectivity index (χ0v) is 16.3. The Kier molecular flexibility index (Phi) is 12.2. The fraction of sp³-hybridized carbons (Fsp3) is 0.500. The molecule has 0 spiro atoms. The molecule has 0 atom stereocenters. The van der Waals surface area contributed by atoms with E-state index in [1.165, 1.54) is 0 Å². The normalized spacial score (nSPS) is 9.40. The second-order valence-corrected chi connectivity index (χ2v) is 2.48. The van der Waals surface area contributed by atoms with Crippen molar-refractivity contribution in [3.8, 4) is 0 Å². The van der Waals surface area contributed by atoms with Crippen LogP contribution in [0.25, 0.3) is 0 Å². The van der Waals surface area contributed by atoms with Gasteiger partial charge >= 0.3 is 44.1 Å². The van der Waals surface area contributed by atoms with Crippen LogP contribution in [-0.4, -0.2) is 70.1 Å². The van der Waals surface area contributed by atoms with Crippen LogP contribution in [0.4, 0.5) is 0 Å². The summed E-state index contributed by atoms with van der Waals surface area (Å²) in [6.07, 6.45) is -2.29. The average molecular weight is 548 g/mol. The standard InChI is InChI=1S/C6H8O7.Bi.Nd.3H/c7-3(8)1-6(13,5(11)12)2-4(9)10;;;;;/h13H,1-2H2,(H,7,8)(H,9,10)(H,11,12);;;;;. The maximum Gasteiger partial charge on any atom is 0 e. The monoisotopic (exact) mass is 546 g/mol. The van der Waals surface area contributed by atoms with Gasteiger partial charge < -0.3 is 20.4 Å². The van der Waals surface area contributed by atoms with Crippen LogP contribution in [-0.2, 0) is 14.4 Å². The molecule has 0 aliphatic carbocycles. The number of hydrogen-bond donors (Lipinski definition) is 4. The summed E-state index contributed by atoms with van der Waals surface area (Å²) in [5.74, 6) is -5.02. The van der Waals surface area contributed by atoms with E-state index in [9.17, 15) is 14.4 Å². The van der Waals surface area contributed by atoms with Gasteiger partial charge in [-0.3, -0.25) is 9.59 Å². The number of rotatable bonds is 5. The number of hydrogen-bond acceptors (Lipinski definition) is 4. The Morgan fingerprint density at radius 3 is 1.33 bits per heavy atom. The molecular weight excluding hydrogens is 537 g/mol. The van der Waals surface area contributed by atoms with Crippen molar-refractivity contribution in [2.24, 2.45) is 0 Å². The summed E-state index contributed by atoms with van der Waals surface area (Å²) in [6.45, 7) is 0. The molecule has 0 aliphatic rings. The molecular formula is C6H11BiNdO7. The summed E-state index contributed by atoms with van der Waals surface area (Å²) in [5.41, 5.74) is -2.74. The van der Waals surface area contributed by atoms with Crippen molar-refractivity contribution >= 4 is 44.1 Å². The third-order valence-electron chi connectivity index (χ3n) is 1.29. The molecule has 0 rings (SSSR count). The topological polar surface area (TPSA) is 132 Å². The van der Waals surface area contributed by atoms with Crippen LogP contribution in [0.1, 0.15) is 12.8 Å². The smallest absolute Gasteiger partial charge is 0 e. The maximum atomic E-state index is 10.3. The largest absolute Gasteiger partial charge is 0 e. The predicted octanol–water partition coefficient (Wildman–Crippen LogP) is -2.43. The minimum absolute atomic E-state index is 0. The molecule has 7 nitrogen and oxygen atoms in total. The fourth-order valence-corrected chi connectivity index (χ4v) is 0.714. The van der Waals surface area contributed by atoms with E-state index in [2.05, 4.69) is 0 Å². The maximum absolute atomic E-state index is 10.3. The van der Waals surface area contributed by atoms with E-state index < -0.39 is 36.4 Å². The molecule has 0 saturated heterocycles. The molecule has 0 aromatic rings. The molecule has 0 aromatic heterocycles. The van der Waals surface area contributed by atoms with E-state index >= 15 is 0 Å². The average Bonchev–Trinajstić information content (AvgIpc) is 1.82. The first-order chi connectivity index (χ1) is 5.78. The Balaban J connectivity index is -0.000000720. The van der Waals surface area contributed by atoms with Crippen molar-refractivity contribution < 1.29 is 75.6 Å². The molecule has 0 fully saturated rings. The van der Waals surface area contributed by atoms with Gasteiger partial charge in [0, 0.05) is 40.8 Å². The number of carboxylic acids is 3. The van der Waals surface area contributed by atoms with Gasteiger partial charge in [-0.05, 0) is 0 Å². The van der Waals surface area contributed by atoms with E-state index in [1.807, 2.05) is 0 Å². The predicted molar refractivity (Wildman–Crippen MR) is 47.0 cm³/mol. The number of aliphatic hydroxyl groups is 1. The van der Waals surface area contributed by atoms with Gasteiger partial charge in [-0.25, -0.2) is 4.79 Å². The van der Waals surface area contributed by atoms with Crippen LogP contribution >= 0.6 is 0 Å². The second kappa shape index (κ2) is 8.72. The van der Waals surface area contributed by atoms with Crippen molar-refractivity contribution in [2.75, 3.05) is 0 Å². The van der Waals surface area contributed by atoms with Gasteiger partial charge in [0.15, 0.2) is 5.60 Å². The van der Waals surface area contributed by atoms with E-state index in [1.54, 1.807) is 0 Å². The number of carboxylic acid groups (broad SMARTS) is 3. The van der Waals surface area contributed by atoms with Crippen LogP contribution in [0, 0.1) is 40.8 Å². The quantitative estimate of drug-likeness (QED) is 0.281. The molecule has 9 heteroatoms. The van der Waals surface area contributed by atoms with Crippen LogP contribution in [0.2, 0.25) is 0 Å². The van der Waals surface area contributed by atoms with Gasteiger partial charge in [0.25, 0.3) is 0 Å². The van der Waals surface area contributed by atoms with Gasteiger partial charge in [-0.15, -0.1) is 0 Å². The van der Waals surface area contributed by atoms with Crippen LogP contribution in [0.15, 0.2) is 0 Å². The van der Waals surface area contributed by atoms with Crippen LogP contribution in [0.5, 0.6) is 0 Å². The van der Waals surface area contributed by atoms with Crippen molar-refractivity contribution in [1.82, 2.24) is 0 Å². The summed E-state index contributed by atoms with van der Waals surface area (Å²) in [6, 6.07) is 0. The van der Waals surface area contributed by atoms with Crippen LogP contribution < -0.4 is 0 Å². The minimum atomic E-state index is -2.74. The van der Waals surface area contributed by atoms with Gasteiger partial charge in [-0.2, -0.15) is 0 Å². The summed E-state index contributed by atoms with van der Waals surface area (Å²) in [7, 11) is 0. The SMILES string of the molecule is O=C(O)CC(O)(CC(=O)O)C(=O)O.[BiH3].[Nd]. The van der Waals surface area contributed by atoms with E-state index in [-0.39, 0.29) is 67.0 Å². The second-order valence-electron chi connectivity index (χ2n) is 2.48. The molecule has 0 aliphatic heterocycles. The summed E-state index contributed by atoms with van der Waals surface area (Å²) in [4.78, 5) is 30.5. The fourth-order valence-electron chi connectivity index (χ4n) is 0.714. The first-order valence-corrected chi connectivity index (χ1v) is 3.17. The molecule has 86 valence electrons.